The summed E-state index contributed by atoms with van der Waals surface area (Å²) in [5.74, 6) is 6.74. The zero-order valence-electron chi connectivity index (χ0n) is 12.9. The van der Waals surface area contributed by atoms with Crippen molar-refractivity contribution in [2.45, 2.75) is 34.1 Å². The van der Waals surface area contributed by atoms with Gasteiger partial charge in [-0.2, -0.15) is 0 Å². The van der Waals surface area contributed by atoms with E-state index in [1.165, 1.54) is 0 Å². The van der Waals surface area contributed by atoms with Gasteiger partial charge in [-0.05, 0) is 31.9 Å². The van der Waals surface area contributed by atoms with Crippen LogP contribution in [-0.4, -0.2) is 12.6 Å². The van der Waals surface area contributed by atoms with E-state index < -0.39 is 5.97 Å². The second kappa shape index (κ2) is 6.49. The molecule has 0 aliphatic carbocycles. The summed E-state index contributed by atoms with van der Waals surface area (Å²) in [4.78, 5) is 11.9. The molecule has 0 radical (unpaired) electrons. The molecule has 21 heavy (non-hydrogen) atoms. The summed E-state index contributed by atoms with van der Waals surface area (Å²) in [5.41, 5.74) is 2.36. The van der Waals surface area contributed by atoms with E-state index in [0.717, 1.165) is 22.9 Å². The molecular weight excluding hydrogens is 264 g/mol. The molecule has 1 aromatic carbocycles. The third kappa shape index (κ3) is 3.28. The molecule has 0 aliphatic rings. The van der Waals surface area contributed by atoms with Crippen LogP contribution in [0.15, 0.2) is 22.6 Å². The lowest BCUT2D eigenvalue weighted by atomic mass is 10.0. The summed E-state index contributed by atoms with van der Waals surface area (Å²) < 4.78 is 10.7. The fraction of sp³-hybridized carbons (Fsp3) is 0.389. The van der Waals surface area contributed by atoms with Crippen molar-refractivity contribution in [3.05, 3.63) is 35.1 Å². The number of hydrogen-bond donors (Lipinski definition) is 0. The highest BCUT2D eigenvalue weighted by atomic mass is 16.5. The molecule has 2 rings (SSSR count). The average Bonchev–Trinajstić information content (AvgIpc) is 2.77. The molecule has 0 amide bonds. The van der Waals surface area contributed by atoms with E-state index in [-0.39, 0.29) is 5.76 Å². The lowest BCUT2D eigenvalue weighted by molar-refractivity contribution is 0.0491. The molecule has 0 atom stereocenters. The first-order valence-electron chi connectivity index (χ1n) is 7.22. The number of furan rings is 1. The Morgan fingerprint density at radius 1 is 1.38 bits per heavy atom. The van der Waals surface area contributed by atoms with Crippen molar-refractivity contribution in [2.75, 3.05) is 6.61 Å². The molecule has 0 saturated carbocycles. The first-order valence-corrected chi connectivity index (χ1v) is 7.22. The number of fused-ring (bicyclic) bond motifs is 1. The Hall–Kier alpha value is -2.21. The SMILES string of the molecule is CCOC(=O)c1oc2cccc(C#CCC(C)C)c2c1C. The van der Waals surface area contributed by atoms with E-state index in [2.05, 4.69) is 25.7 Å². The first kappa shape index (κ1) is 15.2. The predicted octanol–water partition coefficient (Wildman–Crippen LogP) is 4.32. The number of carbonyl (C=O) groups is 1. The molecule has 0 fully saturated rings. The van der Waals surface area contributed by atoms with Crippen molar-refractivity contribution in [2.24, 2.45) is 5.92 Å². The molecule has 2 aromatic rings. The van der Waals surface area contributed by atoms with Crippen LogP contribution < -0.4 is 0 Å². The number of ether oxygens (including phenoxy) is 1. The smallest absolute Gasteiger partial charge is 0.374 e. The van der Waals surface area contributed by atoms with Gasteiger partial charge in [-0.15, -0.1) is 0 Å². The van der Waals surface area contributed by atoms with Crippen LogP contribution in [0.4, 0.5) is 0 Å². The van der Waals surface area contributed by atoms with Gasteiger partial charge in [0.15, 0.2) is 0 Å². The fourth-order valence-corrected chi connectivity index (χ4v) is 2.15. The third-order valence-electron chi connectivity index (χ3n) is 3.15. The van der Waals surface area contributed by atoms with E-state index in [1.54, 1.807) is 6.92 Å². The highest BCUT2D eigenvalue weighted by Crippen LogP contribution is 2.28. The van der Waals surface area contributed by atoms with Crippen LogP contribution in [0.25, 0.3) is 11.0 Å². The topological polar surface area (TPSA) is 39.4 Å². The minimum absolute atomic E-state index is 0.268. The molecule has 0 N–H and O–H groups in total. The molecule has 110 valence electrons. The zero-order valence-corrected chi connectivity index (χ0v) is 12.9. The van der Waals surface area contributed by atoms with E-state index in [4.69, 9.17) is 9.15 Å². The molecule has 0 aliphatic heterocycles. The van der Waals surface area contributed by atoms with Gasteiger partial charge in [0, 0.05) is 22.9 Å². The summed E-state index contributed by atoms with van der Waals surface area (Å²) in [7, 11) is 0. The number of benzene rings is 1. The maximum atomic E-state index is 11.9. The molecule has 3 heteroatoms. The Morgan fingerprint density at radius 3 is 2.81 bits per heavy atom. The normalized spacial score (nSPS) is 10.5. The van der Waals surface area contributed by atoms with Gasteiger partial charge < -0.3 is 9.15 Å². The molecular formula is C18H20O3. The quantitative estimate of drug-likeness (QED) is 0.622. The van der Waals surface area contributed by atoms with Gasteiger partial charge in [0.1, 0.15) is 5.58 Å². The second-order valence-corrected chi connectivity index (χ2v) is 5.36. The molecule has 1 aromatic heterocycles. The van der Waals surface area contributed by atoms with Crippen molar-refractivity contribution in [1.29, 1.82) is 0 Å². The predicted molar refractivity (Wildman–Crippen MR) is 83.2 cm³/mol. The first-order chi connectivity index (χ1) is 10.0. The molecule has 0 spiro atoms. The van der Waals surface area contributed by atoms with Gasteiger partial charge in [0.25, 0.3) is 0 Å². The number of aryl methyl sites for hydroxylation is 1. The van der Waals surface area contributed by atoms with Gasteiger partial charge in [0.2, 0.25) is 5.76 Å². The minimum Gasteiger partial charge on any atom is -0.460 e. The van der Waals surface area contributed by atoms with Crippen LogP contribution in [0.5, 0.6) is 0 Å². The van der Waals surface area contributed by atoms with Crippen LogP contribution in [0.3, 0.4) is 0 Å². The molecule has 1 heterocycles. The van der Waals surface area contributed by atoms with Crippen LogP contribution >= 0.6 is 0 Å². The standard InChI is InChI=1S/C18H20O3/c1-5-20-18(19)17-13(4)16-14(9-6-8-12(2)3)10-7-11-15(16)21-17/h7,10-12H,5,8H2,1-4H3. The summed E-state index contributed by atoms with van der Waals surface area (Å²) in [6.07, 6.45) is 0.845. The highest BCUT2D eigenvalue weighted by Gasteiger charge is 2.19. The van der Waals surface area contributed by atoms with E-state index >= 15 is 0 Å². The summed E-state index contributed by atoms with van der Waals surface area (Å²) in [6, 6.07) is 5.69. The summed E-state index contributed by atoms with van der Waals surface area (Å²) in [6.45, 7) is 8.25. The van der Waals surface area contributed by atoms with Crippen LogP contribution in [0, 0.1) is 24.7 Å². The Bertz CT molecular complexity index is 711. The lowest BCUT2D eigenvalue weighted by Crippen LogP contribution is -2.04. The van der Waals surface area contributed by atoms with Crippen molar-refractivity contribution in [1.82, 2.24) is 0 Å². The van der Waals surface area contributed by atoms with Gasteiger partial charge >= 0.3 is 5.97 Å². The van der Waals surface area contributed by atoms with Crippen molar-refractivity contribution in [3.63, 3.8) is 0 Å². The Kier molecular flexibility index (Phi) is 4.70. The van der Waals surface area contributed by atoms with Crippen molar-refractivity contribution < 1.29 is 13.9 Å². The number of carbonyl (C=O) groups excluding carboxylic acids is 1. The Balaban J connectivity index is 2.48. The fourth-order valence-electron chi connectivity index (χ4n) is 2.15. The summed E-state index contributed by atoms with van der Waals surface area (Å²) >= 11 is 0. The zero-order chi connectivity index (χ0) is 15.4. The van der Waals surface area contributed by atoms with Crippen LogP contribution in [0.2, 0.25) is 0 Å². The Labute approximate surface area is 125 Å². The molecule has 0 saturated heterocycles. The van der Waals surface area contributed by atoms with Gasteiger partial charge in [-0.25, -0.2) is 4.79 Å². The number of rotatable bonds is 3. The molecule has 0 unspecified atom stereocenters. The molecule has 0 bridgehead atoms. The monoisotopic (exact) mass is 284 g/mol. The van der Waals surface area contributed by atoms with Gasteiger partial charge in [-0.3, -0.25) is 0 Å². The van der Waals surface area contributed by atoms with Crippen LogP contribution in [0.1, 0.15) is 48.9 Å². The van der Waals surface area contributed by atoms with E-state index in [1.807, 2.05) is 25.1 Å². The average molecular weight is 284 g/mol. The third-order valence-corrected chi connectivity index (χ3v) is 3.15. The van der Waals surface area contributed by atoms with Gasteiger partial charge in [0.05, 0.1) is 6.61 Å². The largest absolute Gasteiger partial charge is 0.460 e. The minimum atomic E-state index is -0.424. The lowest BCUT2D eigenvalue weighted by Gasteiger charge is -1.98. The number of hydrogen-bond acceptors (Lipinski definition) is 3. The van der Waals surface area contributed by atoms with E-state index in [9.17, 15) is 4.79 Å². The van der Waals surface area contributed by atoms with E-state index in [0.29, 0.717) is 18.1 Å². The molecule has 3 nitrogen and oxygen atoms in total. The maximum Gasteiger partial charge on any atom is 0.374 e. The van der Waals surface area contributed by atoms with Crippen molar-refractivity contribution in [3.8, 4) is 11.8 Å². The number of esters is 1. The van der Waals surface area contributed by atoms with Crippen LogP contribution in [-0.2, 0) is 4.74 Å². The Morgan fingerprint density at radius 2 is 2.14 bits per heavy atom. The maximum absolute atomic E-state index is 11.9. The van der Waals surface area contributed by atoms with Gasteiger partial charge in [-0.1, -0.05) is 31.8 Å². The highest BCUT2D eigenvalue weighted by molar-refractivity contribution is 5.98. The van der Waals surface area contributed by atoms with Crippen molar-refractivity contribution >= 4 is 16.9 Å². The second-order valence-electron chi connectivity index (χ2n) is 5.36. The summed E-state index contributed by atoms with van der Waals surface area (Å²) in [5, 5.41) is 0.900.